The molecule has 0 saturated carbocycles. The van der Waals surface area contributed by atoms with Gasteiger partial charge in [0.15, 0.2) is 0 Å². The Hall–Kier alpha value is -2.11. The van der Waals surface area contributed by atoms with Gasteiger partial charge in [0.1, 0.15) is 5.56 Å². The Balaban J connectivity index is 2.44. The third-order valence-electron chi connectivity index (χ3n) is 3.59. The highest BCUT2D eigenvalue weighted by Gasteiger charge is 2.37. The average Bonchev–Trinajstić information content (AvgIpc) is 2.67. The van der Waals surface area contributed by atoms with Crippen LogP contribution in [0.3, 0.4) is 0 Å². The maximum atomic E-state index is 12.5. The zero-order chi connectivity index (χ0) is 14.2. The summed E-state index contributed by atoms with van der Waals surface area (Å²) in [6.07, 6.45) is 1.81. The van der Waals surface area contributed by atoms with Crippen molar-refractivity contribution in [1.29, 1.82) is 0 Å². The average molecular weight is 263 g/mol. The summed E-state index contributed by atoms with van der Waals surface area (Å²) in [6, 6.07) is 4.10. The Labute approximate surface area is 111 Å². The molecule has 0 bridgehead atoms. The molecule has 6 nitrogen and oxygen atoms in total. The predicted octanol–water partition coefficient (Wildman–Crippen LogP) is 2.19. The fourth-order valence-electron chi connectivity index (χ4n) is 2.51. The van der Waals surface area contributed by atoms with Gasteiger partial charge in [0.05, 0.1) is 4.92 Å². The summed E-state index contributed by atoms with van der Waals surface area (Å²) in [5.41, 5.74) is 5.60. The number of nitrogens with zero attached hydrogens (tertiary/aromatic N) is 2. The zero-order valence-electron chi connectivity index (χ0n) is 11.0. The highest BCUT2D eigenvalue weighted by Crippen LogP contribution is 2.32. The number of anilines is 1. The Morgan fingerprint density at radius 2 is 2.16 bits per heavy atom. The van der Waals surface area contributed by atoms with Gasteiger partial charge in [0.25, 0.3) is 11.6 Å². The molecule has 1 aliphatic heterocycles. The molecule has 19 heavy (non-hydrogen) atoms. The SMILES string of the molecule is CC1(C)CCCN1C(=O)c1cc(N)ccc1[N+](=O)[O-]. The molecule has 6 heteroatoms. The first-order chi connectivity index (χ1) is 8.83. The minimum absolute atomic E-state index is 0.0694. The molecule has 102 valence electrons. The van der Waals surface area contributed by atoms with E-state index in [2.05, 4.69) is 0 Å². The first-order valence-electron chi connectivity index (χ1n) is 6.19. The third-order valence-corrected chi connectivity index (χ3v) is 3.59. The second kappa shape index (κ2) is 4.53. The number of hydrogen-bond acceptors (Lipinski definition) is 4. The Morgan fingerprint density at radius 1 is 1.47 bits per heavy atom. The summed E-state index contributed by atoms with van der Waals surface area (Å²) in [6.45, 7) is 4.56. The number of benzene rings is 1. The number of carbonyl (C=O) groups excluding carboxylic acids is 1. The maximum absolute atomic E-state index is 12.5. The van der Waals surface area contributed by atoms with Crippen LogP contribution in [0.1, 0.15) is 37.0 Å². The fourth-order valence-corrected chi connectivity index (χ4v) is 2.51. The first kappa shape index (κ1) is 13.3. The van der Waals surface area contributed by atoms with E-state index in [0.717, 1.165) is 12.8 Å². The second-order valence-electron chi connectivity index (χ2n) is 5.41. The lowest BCUT2D eigenvalue weighted by atomic mass is 10.0. The van der Waals surface area contributed by atoms with Crippen molar-refractivity contribution in [3.63, 3.8) is 0 Å². The van der Waals surface area contributed by atoms with Gasteiger partial charge in [-0.2, -0.15) is 0 Å². The molecule has 1 aromatic rings. The Kier molecular flexibility index (Phi) is 3.18. The van der Waals surface area contributed by atoms with Crippen molar-refractivity contribution in [2.75, 3.05) is 12.3 Å². The third kappa shape index (κ3) is 2.38. The van der Waals surface area contributed by atoms with Crippen LogP contribution < -0.4 is 5.73 Å². The van der Waals surface area contributed by atoms with Crippen molar-refractivity contribution in [2.45, 2.75) is 32.2 Å². The van der Waals surface area contributed by atoms with Crippen LogP contribution >= 0.6 is 0 Å². The van der Waals surface area contributed by atoms with E-state index in [1.807, 2.05) is 13.8 Å². The largest absolute Gasteiger partial charge is 0.399 e. The van der Waals surface area contributed by atoms with Crippen LogP contribution in [0, 0.1) is 10.1 Å². The Bertz CT molecular complexity index is 540. The number of nitrogen functional groups attached to an aromatic ring is 1. The van der Waals surface area contributed by atoms with E-state index in [-0.39, 0.29) is 22.7 Å². The normalized spacial score (nSPS) is 17.5. The van der Waals surface area contributed by atoms with E-state index in [0.29, 0.717) is 12.2 Å². The van der Waals surface area contributed by atoms with Crippen LogP contribution in [0.2, 0.25) is 0 Å². The fraction of sp³-hybridized carbons (Fsp3) is 0.462. The number of carbonyl (C=O) groups is 1. The molecule has 1 aliphatic rings. The van der Waals surface area contributed by atoms with E-state index < -0.39 is 4.92 Å². The van der Waals surface area contributed by atoms with Gasteiger partial charge in [0.2, 0.25) is 0 Å². The quantitative estimate of drug-likeness (QED) is 0.503. The predicted molar refractivity (Wildman–Crippen MR) is 71.9 cm³/mol. The molecule has 0 atom stereocenters. The number of nitrogens with two attached hydrogens (primary N) is 1. The number of nitro groups is 1. The summed E-state index contributed by atoms with van der Waals surface area (Å²) in [7, 11) is 0. The van der Waals surface area contributed by atoms with Crippen LogP contribution in [-0.2, 0) is 0 Å². The van der Waals surface area contributed by atoms with Gasteiger partial charge < -0.3 is 10.6 Å². The minimum Gasteiger partial charge on any atom is -0.399 e. The zero-order valence-corrected chi connectivity index (χ0v) is 11.0. The van der Waals surface area contributed by atoms with Crippen molar-refractivity contribution < 1.29 is 9.72 Å². The highest BCUT2D eigenvalue weighted by atomic mass is 16.6. The topological polar surface area (TPSA) is 89.5 Å². The molecular formula is C13H17N3O3. The first-order valence-corrected chi connectivity index (χ1v) is 6.19. The van der Waals surface area contributed by atoms with E-state index in [1.165, 1.54) is 18.2 Å². The van der Waals surface area contributed by atoms with E-state index >= 15 is 0 Å². The van der Waals surface area contributed by atoms with Crippen molar-refractivity contribution >= 4 is 17.3 Å². The second-order valence-corrected chi connectivity index (χ2v) is 5.41. The molecule has 2 N–H and O–H groups in total. The molecular weight excluding hydrogens is 246 g/mol. The number of rotatable bonds is 2. The molecule has 0 unspecified atom stereocenters. The summed E-state index contributed by atoms with van der Waals surface area (Å²) >= 11 is 0. The van der Waals surface area contributed by atoms with E-state index in [4.69, 9.17) is 5.73 Å². The van der Waals surface area contributed by atoms with Gasteiger partial charge >= 0.3 is 0 Å². The number of hydrogen-bond donors (Lipinski definition) is 1. The van der Waals surface area contributed by atoms with E-state index in [1.54, 1.807) is 4.90 Å². The van der Waals surface area contributed by atoms with Crippen LogP contribution in [0.25, 0.3) is 0 Å². The monoisotopic (exact) mass is 263 g/mol. The number of amides is 1. The van der Waals surface area contributed by atoms with Crippen LogP contribution in [-0.4, -0.2) is 27.8 Å². The molecule has 1 amide bonds. The van der Waals surface area contributed by atoms with Gasteiger partial charge in [-0.25, -0.2) is 0 Å². The van der Waals surface area contributed by atoms with Gasteiger partial charge in [-0.15, -0.1) is 0 Å². The van der Waals surface area contributed by atoms with Gasteiger partial charge in [0, 0.05) is 23.8 Å². The van der Waals surface area contributed by atoms with Crippen molar-refractivity contribution in [2.24, 2.45) is 0 Å². The molecule has 0 aliphatic carbocycles. The van der Waals surface area contributed by atoms with Gasteiger partial charge in [-0.05, 0) is 38.8 Å². The molecule has 1 heterocycles. The summed E-state index contributed by atoms with van der Waals surface area (Å²) in [5, 5.41) is 11.0. The Morgan fingerprint density at radius 3 is 2.68 bits per heavy atom. The summed E-state index contributed by atoms with van der Waals surface area (Å²) < 4.78 is 0. The maximum Gasteiger partial charge on any atom is 0.282 e. The lowest BCUT2D eigenvalue weighted by molar-refractivity contribution is -0.385. The highest BCUT2D eigenvalue weighted by molar-refractivity contribution is 5.99. The van der Waals surface area contributed by atoms with Crippen LogP contribution in [0.5, 0.6) is 0 Å². The summed E-state index contributed by atoms with van der Waals surface area (Å²) in [5.74, 6) is -0.318. The molecule has 1 aromatic carbocycles. The van der Waals surface area contributed by atoms with Crippen molar-refractivity contribution in [1.82, 2.24) is 4.90 Å². The van der Waals surface area contributed by atoms with Gasteiger partial charge in [-0.1, -0.05) is 0 Å². The number of likely N-dealkylation sites (tertiary alicyclic amines) is 1. The minimum atomic E-state index is -0.546. The summed E-state index contributed by atoms with van der Waals surface area (Å²) in [4.78, 5) is 24.7. The molecule has 0 spiro atoms. The van der Waals surface area contributed by atoms with E-state index in [9.17, 15) is 14.9 Å². The lowest BCUT2D eigenvalue weighted by Gasteiger charge is -2.31. The standard InChI is InChI=1S/C13H17N3O3/c1-13(2)6-3-7-15(13)12(17)10-8-9(14)4-5-11(10)16(18)19/h4-5,8H,3,6-7,14H2,1-2H3. The van der Waals surface area contributed by atoms with Crippen LogP contribution in [0.15, 0.2) is 18.2 Å². The number of nitro benzene ring substituents is 1. The smallest absolute Gasteiger partial charge is 0.282 e. The lowest BCUT2D eigenvalue weighted by Crippen LogP contribution is -2.42. The van der Waals surface area contributed by atoms with Gasteiger partial charge in [-0.3, -0.25) is 14.9 Å². The molecule has 0 radical (unpaired) electrons. The molecule has 1 fully saturated rings. The molecule has 1 saturated heterocycles. The van der Waals surface area contributed by atoms with Crippen LogP contribution in [0.4, 0.5) is 11.4 Å². The molecule has 2 rings (SSSR count). The van der Waals surface area contributed by atoms with Crippen molar-refractivity contribution in [3.8, 4) is 0 Å². The molecule has 0 aromatic heterocycles. The van der Waals surface area contributed by atoms with Crippen molar-refractivity contribution in [3.05, 3.63) is 33.9 Å².